The van der Waals surface area contributed by atoms with Crippen molar-refractivity contribution in [1.29, 1.82) is 0 Å². The Kier molecular flexibility index (Phi) is 5.34. The number of hydrogen-bond donors (Lipinski definition) is 1. The van der Waals surface area contributed by atoms with Gasteiger partial charge in [-0.1, -0.05) is 11.3 Å². The molecule has 6 nitrogen and oxygen atoms in total. The van der Waals surface area contributed by atoms with Crippen LogP contribution in [0.5, 0.6) is 0 Å². The minimum Gasteiger partial charge on any atom is -0.348 e. The number of aryl methyl sites for hydroxylation is 2. The summed E-state index contributed by atoms with van der Waals surface area (Å²) in [6, 6.07) is 7.21. The van der Waals surface area contributed by atoms with E-state index in [1.807, 2.05) is 32.2 Å². The molecule has 2 aliphatic heterocycles. The van der Waals surface area contributed by atoms with Crippen molar-refractivity contribution in [2.45, 2.75) is 57.7 Å². The zero-order chi connectivity index (χ0) is 21.3. The summed E-state index contributed by atoms with van der Waals surface area (Å²) in [5, 5.41) is 9.25. The standard InChI is InChI=1S/C23H25FN6S.ClH/c1-12-6-19(28-30-11-13(2)25-22(12)30)14-7-18(24)21-20(8-14)31-23(27-21)29(3)17-9-15-4-5-16(10-17)26-15;/h6-8,11,15-17,26H,4-5,9-10H2,1-3H3;1H/t15-,16+,17?;. The summed E-state index contributed by atoms with van der Waals surface area (Å²) in [6.07, 6.45) is 6.68. The van der Waals surface area contributed by atoms with E-state index < -0.39 is 0 Å². The number of thiazole rings is 1. The molecule has 3 atom stereocenters. The summed E-state index contributed by atoms with van der Waals surface area (Å²) in [6.45, 7) is 3.95. The monoisotopic (exact) mass is 472 g/mol. The van der Waals surface area contributed by atoms with Crippen molar-refractivity contribution in [1.82, 2.24) is 24.9 Å². The first-order chi connectivity index (χ1) is 14.9. The topological polar surface area (TPSA) is 58.4 Å². The quantitative estimate of drug-likeness (QED) is 0.459. The number of imidazole rings is 1. The minimum absolute atomic E-state index is 0. The Bertz CT molecular complexity index is 1310. The third-order valence-corrected chi connectivity index (χ3v) is 7.85. The summed E-state index contributed by atoms with van der Waals surface area (Å²) >= 11 is 1.56. The SMILES string of the molecule is Cc1cn2nc(-c3cc(F)c4nc(N(C)C5C[C@H]6CC[C@@H](C5)N6)sc4c3)cc(C)c2n1.Cl. The van der Waals surface area contributed by atoms with Gasteiger partial charge in [0.25, 0.3) is 0 Å². The molecule has 2 fully saturated rings. The molecule has 0 aliphatic carbocycles. The van der Waals surface area contributed by atoms with Crippen molar-refractivity contribution < 1.29 is 4.39 Å². The number of anilines is 1. The number of hydrogen-bond acceptors (Lipinski definition) is 6. The molecule has 0 radical (unpaired) electrons. The van der Waals surface area contributed by atoms with Crippen molar-refractivity contribution in [3.05, 3.63) is 41.5 Å². The van der Waals surface area contributed by atoms with Gasteiger partial charge in [0, 0.05) is 30.7 Å². The lowest BCUT2D eigenvalue weighted by Crippen LogP contribution is -2.47. The molecule has 0 amide bonds. The van der Waals surface area contributed by atoms with Crippen LogP contribution in [0, 0.1) is 19.7 Å². The summed E-state index contributed by atoms with van der Waals surface area (Å²) < 4.78 is 17.7. The zero-order valence-electron chi connectivity index (χ0n) is 18.3. The van der Waals surface area contributed by atoms with Gasteiger partial charge in [0.1, 0.15) is 5.52 Å². The van der Waals surface area contributed by atoms with E-state index >= 15 is 4.39 Å². The number of nitrogens with one attached hydrogen (secondary N) is 1. The predicted molar refractivity (Wildman–Crippen MR) is 130 cm³/mol. The van der Waals surface area contributed by atoms with E-state index in [4.69, 9.17) is 0 Å². The van der Waals surface area contributed by atoms with Gasteiger partial charge in [-0.05, 0) is 63.3 Å². The van der Waals surface area contributed by atoms with Crippen LogP contribution in [0.4, 0.5) is 9.52 Å². The number of halogens is 2. The van der Waals surface area contributed by atoms with Gasteiger partial charge in [-0.2, -0.15) is 5.10 Å². The lowest BCUT2D eigenvalue weighted by molar-refractivity contribution is 0.354. The average molecular weight is 473 g/mol. The largest absolute Gasteiger partial charge is 0.348 e. The molecule has 0 saturated carbocycles. The summed E-state index contributed by atoms with van der Waals surface area (Å²) in [7, 11) is 2.10. The lowest BCUT2D eigenvalue weighted by Gasteiger charge is -2.35. The number of nitrogens with zero attached hydrogens (tertiary/aromatic N) is 5. The van der Waals surface area contributed by atoms with Crippen LogP contribution in [0.2, 0.25) is 0 Å². The van der Waals surface area contributed by atoms with E-state index in [1.54, 1.807) is 21.9 Å². The second kappa shape index (κ2) is 7.93. The molecule has 3 aromatic heterocycles. The predicted octanol–water partition coefficient (Wildman–Crippen LogP) is 4.90. The van der Waals surface area contributed by atoms with Gasteiger partial charge in [-0.15, -0.1) is 12.4 Å². The number of fused-ring (bicyclic) bond motifs is 4. The highest BCUT2D eigenvalue weighted by Crippen LogP contribution is 2.37. The Morgan fingerprint density at radius 1 is 1.12 bits per heavy atom. The molecule has 2 saturated heterocycles. The van der Waals surface area contributed by atoms with E-state index in [0.717, 1.165) is 50.8 Å². The van der Waals surface area contributed by atoms with E-state index in [2.05, 4.69) is 32.3 Å². The third-order valence-electron chi connectivity index (χ3n) is 6.76. The first-order valence-corrected chi connectivity index (χ1v) is 11.7. The van der Waals surface area contributed by atoms with Crippen molar-refractivity contribution in [2.24, 2.45) is 0 Å². The minimum atomic E-state index is -0.296. The smallest absolute Gasteiger partial charge is 0.186 e. The second-order valence-electron chi connectivity index (χ2n) is 9.04. The van der Waals surface area contributed by atoms with Crippen LogP contribution in [0.1, 0.15) is 36.9 Å². The van der Waals surface area contributed by atoms with Crippen LogP contribution in [0.15, 0.2) is 24.4 Å². The van der Waals surface area contributed by atoms with Crippen LogP contribution in [-0.4, -0.2) is 44.8 Å². The molecule has 1 unspecified atom stereocenters. The van der Waals surface area contributed by atoms with Crippen molar-refractivity contribution in [3.63, 3.8) is 0 Å². The number of benzene rings is 1. The van der Waals surface area contributed by atoms with Gasteiger partial charge in [-0.3, -0.25) is 0 Å². The Morgan fingerprint density at radius 3 is 2.62 bits per heavy atom. The molecule has 0 spiro atoms. The van der Waals surface area contributed by atoms with E-state index in [-0.39, 0.29) is 18.2 Å². The van der Waals surface area contributed by atoms with Crippen LogP contribution >= 0.6 is 23.7 Å². The Hall–Kier alpha value is -2.29. The first kappa shape index (κ1) is 21.6. The fourth-order valence-electron chi connectivity index (χ4n) is 5.16. The maximum Gasteiger partial charge on any atom is 0.186 e. The molecule has 2 bridgehead atoms. The van der Waals surface area contributed by atoms with Crippen molar-refractivity contribution in [3.8, 4) is 11.3 Å². The van der Waals surface area contributed by atoms with Gasteiger partial charge in [-0.25, -0.2) is 18.9 Å². The zero-order valence-corrected chi connectivity index (χ0v) is 19.9. The van der Waals surface area contributed by atoms with Gasteiger partial charge < -0.3 is 10.2 Å². The molecule has 9 heteroatoms. The van der Waals surface area contributed by atoms with Crippen molar-refractivity contribution >= 4 is 44.7 Å². The summed E-state index contributed by atoms with van der Waals surface area (Å²) in [5.41, 5.74) is 4.71. The molecular weight excluding hydrogens is 447 g/mol. The van der Waals surface area contributed by atoms with Gasteiger partial charge in [0.05, 0.1) is 22.3 Å². The molecule has 4 aromatic rings. The molecular formula is C23H26ClFN6S. The average Bonchev–Trinajstić information content (AvgIpc) is 3.43. The highest BCUT2D eigenvalue weighted by molar-refractivity contribution is 7.22. The Balaban J connectivity index is 0.00000216. The normalized spacial score (nSPS) is 22.4. The van der Waals surface area contributed by atoms with Crippen LogP contribution in [0.3, 0.4) is 0 Å². The molecule has 168 valence electrons. The van der Waals surface area contributed by atoms with Gasteiger partial charge >= 0.3 is 0 Å². The molecule has 1 aromatic carbocycles. The number of aromatic nitrogens is 4. The molecule has 1 N–H and O–H groups in total. The Morgan fingerprint density at radius 2 is 1.88 bits per heavy atom. The van der Waals surface area contributed by atoms with Gasteiger partial charge in [0.15, 0.2) is 16.6 Å². The third kappa shape index (κ3) is 3.54. The lowest BCUT2D eigenvalue weighted by atomic mass is 9.99. The first-order valence-electron chi connectivity index (χ1n) is 10.9. The van der Waals surface area contributed by atoms with Crippen LogP contribution < -0.4 is 10.2 Å². The maximum atomic E-state index is 15.1. The Labute approximate surface area is 196 Å². The van der Waals surface area contributed by atoms with Crippen LogP contribution in [-0.2, 0) is 0 Å². The molecule has 6 rings (SSSR count). The van der Waals surface area contributed by atoms with E-state index in [9.17, 15) is 0 Å². The van der Waals surface area contributed by atoms with E-state index in [0.29, 0.717) is 23.6 Å². The highest BCUT2D eigenvalue weighted by atomic mass is 35.5. The number of rotatable bonds is 3. The highest BCUT2D eigenvalue weighted by Gasteiger charge is 2.36. The molecule has 5 heterocycles. The van der Waals surface area contributed by atoms with Crippen LogP contribution in [0.25, 0.3) is 27.1 Å². The van der Waals surface area contributed by atoms with E-state index in [1.165, 1.54) is 12.8 Å². The second-order valence-corrected chi connectivity index (χ2v) is 10.0. The van der Waals surface area contributed by atoms with Crippen molar-refractivity contribution in [2.75, 3.05) is 11.9 Å². The fraction of sp³-hybridized carbons (Fsp3) is 0.435. The summed E-state index contributed by atoms with van der Waals surface area (Å²) in [5.74, 6) is -0.296. The molecule has 32 heavy (non-hydrogen) atoms. The molecule has 2 aliphatic rings. The number of piperidine rings is 1. The fourth-order valence-corrected chi connectivity index (χ4v) is 6.21. The van der Waals surface area contributed by atoms with Gasteiger partial charge in [0.2, 0.25) is 0 Å². The maximum absolute atomic E-state index is 15.1. The summed E-state index contributed by atoms with van der Waals surface area (Å²) in [4.78, 5) is 11.4.